The molecular weight excluding hydrogens is 286 g/mol. The first kappa shape index (κ1) is 15.3. The number of carboxylic acids is 1. The Hall–Kier alpha value is -2.14. The van der Waals surface area contributed by atoms with Gasteiger partial charge < -0.3 is 10.4 Å². The number of thiophene rings is 1. The van der Waals surface area contributed by atoms with Gasteiger partial charge in [0.15, 0.2) is 0 Å². The van der Waals surface area contributed by atoms with Gasteiger partial charge in [0.2, 0.25) is 5.91 Å². The van der Waals surface area contributed by atoms with E-state index in [4.69, 9.17) is 5.11 Å². The first-order chi connectivity index (χ1) is 10.0. The standard InChI is InChI=1S/C16H17NO3S/c1-11-2-7-14(21-11)10-15(18)17-9-8-12-3-5-13(6-4-12)16(19)20/h2-7H,8-10H2,1H3,(H,17,18)(H,19,20). The predicted octanol–water partition coefficient (Wildman–Crippen LogP) is 2.66. The van der Waals surface area contributed by atoms with Gasteiger partial charge in [0.25, 0.3) is 0 Å². The maximum absolute atomic E-state index is 11.8. The largest absolute Gasteiger partial charge is 0.478 e. The normalized spacial score (nSPS) is 10.3. The van der Waals surface area contributed by atoms with Crippen LogP contribution in [0.5, 0.6) is 0 Å². The average molecular weight is 303 g/mol. The second-order valence-corrected chi connectivity index (χ2v) is 6.16. The van der Waals surface area contributed by atoms with Gasteiger partial charge in [-0.3, -0.25) is 4.79 Å². The summed E-state index contributed by atoms with van der Waals surface area (Å²) in [6.45, 7) is 2.57. The molecule has 21 heavy (non-hydrogen) atoms. The van der Waals surface area contributed by atoms with Crippen molar-refractivity contribution in [1.82, 2.24) is 5.32 Å². The van der Waals surface area contributed by atoms with Crippen molar-refractivity contribution in [3.8, 4) is 0 Å². The highest BCUT2D eigenvalue weighted by Crippen LogP contribution is 2.15. The molecule has 4 nitrogen and oxygen atoms in total. The van der Waals surface area contributed by atoms with Crippen molar-refractivity contribution in [2.24, 2.45) is 0 Å². The van der Waals surface area contributed by atoms with E-state index < -0.39 is 5.97 Å². The molecule has 0 unspecified atom stereocenters. The summed E-state index contributed by atoms with van der Waals surface area (Å²) < 4.78 is 0. The Kier molecular flexibility index (Phi) is 5.11. The van der Waals surface area contributed by atoms with Gasteiger partial charge in [0, 0.05) is 16.3 Å². The van der Waals surface area contributed by atoms with Crippen LogP contribution in [0.25, 0.3) is 0 Å². The Morgan fingerprint density at radius 3 is 2.43 bits per heavy atom. The van der Waals surface area contributed by atoms with Gasteiger partial charge in [0.1, 0.15) is 0 Å². The summed E-state index contributed by atoms with van der Waals surface area (Å²) in [6, 6.07) is 10.7. The Morgan fingerprint density at radius 2 is 1.86 bits per heavy atom. The molecule has 1 heterocycles. The van der Waals surface area contributed by atoms with Crippen molar-refractivity contribution in [2.45, 2.75) is 19.8 Å². The molecule has 0 spiro atoms. The lowest BCUT2D eigenvalue weighted by molar-refractivity contribution is -0.120. The van der Waals surface area contributed by atoms with Gasteiger partial charge in [-0.25, -0.2) is 4.79 Å². The molecule has 1 aromatic carbocycles. The van der Waals surface area contributed by atoms with E-state index in [0.717, 1.165) is 10.4 Å². The summed E-state index contributed by atoms with van der Waals surface area (Å²) in [5, 5.41) is 11.7. The van der Waals surface area contributed by atoms with Crippen LogP contribution >= 0.6 is 11.3 Å². The number of carbonyl (C=O) groups is 2. The van der Waals surface area contributed by atoms with Crippen molar-refractivity contribution < 1.29 is 14.7 Å². The van der Waals surface area contributed by atoms with Gasteiger partial charge in [0.05, 0.1) is 12.0 Å². The van der Waals surface area contributed by atoms with E-state index >= 15 is 0 Å². The lowest BCUT2D eigenvalue weighted by Crippen LogP contribution is -2.26. The van der Waals surface area contributed by atoms with Crippen LogP contribution in [0.15, 0.2) is 36.4 Å². The number of benzene rings is 1. The Morgan fingerprint density at radius 1 is 1.14 bits per heavy atom. The summed E-state index contributed by atoms with van der Waals surface area (Å²) >= 11 is 1.63. The molecule has 1 aromatic heterocycles. The van der Waals surface area contributed by atoms with Crippen LogP contribution < -0.4 is 5.32 Å². The van der Waals surface area contributed by atoms with E-state index in [0.29, 0.717) is 19.4 Å². The third-order valence-corrected chi connectivity index (χ3v) is 4.07. The number of amides is 1. The number of carbonyl (C=O) groups excluding carboxylic acids is 1. The Labute approximate surface area is 127 Å². The minimum absolute atomic E-state index is 0.0130. The molecule has 0 atom stereocenters. The number of carboxylic acid groups (broad SMARTS) is 1. The van der Waals surface area contributed by atoms with E-state index in [2.05, 4.69) is 5.32 Å². The minimum Gasteiger partial charge on any atom is -0.478 e. The first-order valence-corrected chi connectivity index (χ1v) is 7.50. The van der Waals surface area contributed by atoms with E-state index in [1.54, 1.807) is 35.6 Å². The fourth-order valence-corrected chi connectivity index (χ4v) is 2.85. The molecule has 2 rings (SSSR count). The maximum atomic E-state index is 11.8. The Balaban J connectivity index is 1.76. The quantitative estimate of drug-likeness (QED) is 0.862. The van der Waals surface area contributed by atoms with Crippen LogP contribution in [-0.2, 0) is 17.6 Å². The summed E-state index contributed by atoms with van der Waals surface area (Å²) in [7, 11) is 0. The zero-order valence-electron chi connectivity index (χ0n) is 11.8. The van der Waals surface area contributed by atoms with Crippen LogP contribution in [0.3, 0.4) is 0 Å². The highest BCUT2D eigenvalue weighted by Gasteiger charge is 2.05. The van der Waals surface area contributed by atoms with E-state index in [-0.39, 0.29) is 11.5 Å². The topological polar surface area (TPSA) is 66.4 Å². The molecule has 110 valence electrons. The SMILES string of the molecule is Cc1ccc(CC(=O)NCCc2ccc(C(=O)O)cc2)s1. The van der Waals surface area contributed by atoms with Crippen LogP contribution in [0.4, 0.5) is 0 Å². The van der Waals surface area contributed by atoms with Crippen molar-refractivity contribution in [1.29, 1.82) is 0 Å². The maximum Gasteiger partial charge on any atom is 0.335 e. The van der Waals surface area contributed by atoms with Crippen molar-refractivity contribution in [3.63, 3.8) is 0 Å². The second kappa shape index (κ2) is 7.04. The molecule has 2 aromatic rings. The highest BCUT2D eigenvalue weighted by atomic mass is 32.1. The lowest BCUT2D eigenvalue weighted by atomic mass is 10.1. The van der Waals surface area contributed by atoms with Crippen LogP contribution in [0, 0.1) is 6.92 Å². The molecule has 0 aliphatic heterocycles. The van der Waals surface area contributed by atoms with Crippen LogP contribution in [0.2, 0.25) is 0 Å². The van der Waals surface area contributed by atoms with E-state index in [1.165, 1.54) is 4.88 Å². The summed E-state index contributed by atoms with van der Waals surface area (Å²) in [4.78, 5) is 24.8. The first-order valence-electron chi connectivity index (χ1n) is 6.69. The van der Waals surface area contributed by atoms with Crippen molar-refractivity contribution in [3.05, 3.63) is 57.3 Å². The second-order valence-electron chi connectivity index (χ2n) is 4.79. The minimum atomic E-state index is -0.930. The van der Waals surface area contributed by atoms with Crippen molar-refractivity contribution >= 4 is 23.2 Å². The number of hydrogen-bond donors (Lipinski definition) is 2. The highest BCUT2D eigenvalue weighted by molar-refractivity contribution is 7.12. The number of aryl methyl sites for hydroxylation is 1. The number of hydrogen-bond acceptors (Lipinski definition) is 3. The molecule has 0 aliphatic carbocycles. The van der Waals surface area contributed by atoms with Gasteiger partial charge in [-0.05, 0) is 43.2 Å². The molecule has 5 heteroatoms. The molecule has 0 radical (unpaired) electrons. The zero-order chi connectivity index (χ0) is 15.2. The molecule has 2 N–H and O–H groups in total. The van der Waals surface area contributed by atoms with Gasteiger partial charge in [-0.15, -0.1) is 11.3 Å². The fourth-order valence-electron chi connectivity index (χ4n) is 1.96. The Bertz CT molecular complexity index is 631. The molecule has 0 bridgehead atoms. The van der Waals surface area contributed by atoms with Gasteiger partial charge in [-0.2, -0.15) is 0 Å². The summed E-state index contributed by atoms with van der Waals surface area (Å²) in [5.74, 6) is -0.917. The molecule has 0 saturated carbocycles. The third kappa shape index (κ3) is 4.72. The van der Waals surface area contributed by atoms with Gasteiger partial charge >= 0.3 is 5.97 Å². The molecule has 0 aliphatic rings. The predicted molar refractivity (Wildman–Crippen MR) is 82.9 cm³/mol. The van der Waals surface area contributed by atoms with E-state index in [9.17, 15) is 9.59 Å². The number of nitrogens with one attached hydrogen (secondary N) is 1. The van der Waals surface area contributed by atoms with Gasteiger partial charge in [-0.1, -0.05) is 12.1 Å². The number of aromatic carboxylic acids is 1. The van der Waals surface area contributed by atoms with E-state index in [1.807, 2.05) is 19.1 Å². The molecule has 0 saturated heterocycles. The number of rotatable bonds is 6. The monoisotopic (exact) mass is 303 g/mol. The zero-order valence-corrected chi connectivity index (χ0v) is 12.6. The summed E-state index contributed by atoms with van der Waals surface area (Å²) in [5.41, 5.74) is 1.28. The smallest absolute Gasteiger partial charge is 0.335 e. The molecular formula is C16H17NO3S. The van der Waals surface area contributed by atoms with Crippen molar-refractivity contribution in [2.75, 3.05) is 6.54 Å². The molecule has 1 amide bonds. The average Bonchev–Trinajstić information content (AvgIpc) is 2.84. The fraction of sp³-hybridized carbons (Fsp3) is 0.250. The summed E-state index contributed by atoms with van der Waals surface area (Å²) in [6.07, 6.45) is 1.10. The lowest BCUT2D eigenvalue weighted by Gasteiger charge is -2.05. The molecule has 0 fully saturated rings. The van der Waals surface area contributed by atoms with Crippen LogP contribution in [-0.4, -0.2) is 23.5 Å². The van der Waals surface area contributed by atoms with Crippen LogP contribution in [0.1, 0.15) is 25.7 Å². The third-order valence-electron chi connectivity index (χ3n) is 3.07.